The Balaban J connectivity index is 1.52. The smallest absolute Gasteiger partial charge is 0.230 e. The van der Waals surface area contributed by atoms with Crippen molar-refractivity contribution in [2.75, 3.05) is 24.5 Å². The minimum absolute atomic E-state index is 0.121. The maximum Gasteiger partial charge on any atom is 0.230 e. The predicted octanol–water partition coefficient (Wildman–Crippen LogP) is 2.84. The highest BCUT2D eigenvalue weighted by atomic mass is 16.2. The van der Waals surface area contributed by atoms with Gasteiger partial charge in [0.15, 0.2) is 0 Å². The molecule has 0 aromatic carbocycles. The van der Waals surface area contributed by atoms with Gasteiger partial charge >= 0.3 is 0 Å². The van der Waals surface area contributed by atoms with Crippen LogP contribution in [0, 0.1) is 5.41 Å². The number of rotatable bonds is 2. The summed E-state index contributed by atoms with van der Waals surface area (Å²) < 4.78 is 0. The highest BCUT2D eigenvalue weighted by Crippen LogP contribution is 2.43. The molecular weight excluding hydrogens is 274 g/mol. The summed E-state index contributed by atoms with van der Waals surface area (Å²) in [6, 6.07) is 4.64. The van der Waals surface area contributed by atoms with E-state index >= 15 is 0 Å². The predicted molar refractivity (Wildman–Crippen MR) is 86.7 cm³/mol. The highest BCUT2D eigenvalue weighted by Gasteiger charge is 2.49. The average Bonchev–Trinajstić information content (AvgIpc) is 3.22. The van der Waals surface area contributed by atoms with Crippen LogP contribution in [0.1, 0.15) is 44.9 Å². The zero-order valence-electron chi connectivity index (χ0n) is 13.2. The third-order valence-electron chi connectivity index (χ3n) is 5.92. The molecule has 1 amide bonds. The molecule has 0 unspecified atom stereocenters. The van der Waals surface area contributed by atoms with Crippen LogP contribution in [0.2, 0.25) is 0 Å². The molecule has 1 atom stereocenters. The van der Waals surface area contributed by atoms with E-state index in [1.807, 2.05) is 12.4 Å². The van der Waals surface area contributed by atoms with Gasteiger partial charge in [-0.25, -0.2) is 0 Å². The molecule has 1 saturated carbocycles. The van der Waals surface area contributed by atoms with Crippen molar-refractivity contribution in [2.24, 2.45) is 5.41 Å². The van der Waals surface area contributed by atoms with Gasteiger partial charge < -0.3 is 9.80 Å². The number of pyridine rings is 1. The fourth-order valence-corrected chi connectivity index (χ4v) is 4.69. The number of carbonyl (C=O) groups is 1. The fourth-order valence-electron chi connectivity index (χ4n) is 4.69. The van der Waals surface area contributed by atoms with Crippen molar-refractivity contribution >= 4 is 11.6 Å². The van der Waals surface area contributed by atoms with Gasteiger partial charge in [-0.1, -0.05) is 12.8 Å². The Hall–Kier alpha value is -1.58. The first-order valence-corrected chi connectivity index (χ1v) is 8.75. The molecule has 2 aliphatic heterocycles. The molecule has 3 fully saturated rings. The molecule has 1 aromatic heterocycles. The van der Waals surface area contributed by atoms with Gasteiger partial charge in [0.1, 0.15) is 0 Å². The summed E-state index contributed by atoms with van der Waals surface area (Å²) in [6.07, 6.45) is 12.0. The first-order valence-electron chi connectivity index (χ1n) is 8.75. The Bertz CT molecular complexity index is 541. The van der Waals surface area contributed by atoms with Crippen molar-refractivity contribution in [3.05, 3.63) is 24.5 Å². The average molecular weight is 299 g/mol. The number of nitrogens with zero attached hydrogens (tertiary/aromatic N) is 3. The van der Waals surface area contributed by atoms with Crippen LogP contribution in [0.25, 0.3) is 0 Å². The number of hydrogen-bond donors (Lipinski definition) is 0. The number of amides is 1. The van der Waals surface area contributed by atoms with Gasteiger partial charge in [-0.15, -0.1) is 0 Å². The number of hydrogen-bond acceptors (Lipinski definition) is 3. The van der Waals surface area contributed by atoms with Crippen molar-refractivity contribution in [3.8, 4) is 0 Å². The van der Waals surface area contributed by atoms with E-state index in [-0.39, 0.29) is 5.41 Å². The van der Waals surface area contributed by atoms with E-state index in [9.17, 15) is 4.79 Å². The van der Waals surface area contributed by atoms with Crippen LogP contribution in [0.15, 0.2) is 24.5 Å². The largest absolute Gasteiger partial charge is 0.370 e. The van der Waals surface area contributed by atoms with E-state index in [0.29, 0.717) is 11.9 Å². The van der Waals surface area contributed by atoms with Crippen LogP contribution in [-0.4, -0.2) is 41.5 Å². The molecule has 4 nitrogen and oxygen atoms in total. The molecule has 3 heterocycles. The number of carbonyl (C=O) groups excluding carboxylic acids is 1. The third-order valence-corrected chi connectivity index (χ3v) is 5.92. The quantitative estimate of drug-likeness (QED) is 0.842. The second-order valence-electron chi connectivity index (χ2n) is 7.20. The van der Waals surface area contributed by atoms with Crippen LogP contribution >= 0.6 is 0 Å². The van der Waals surface area contributed by atoms with E-state index in [4.69, 9.17) is 0 Å². The van der Waals surface area contributed by atoms with Gasteiger partial charge in [-0.2, -0.15) is 0 Å². The van der Waals surface area contributed by atoms with Gasteiger partial charge in [-0.3, -0.25) is 9.78 Å². The molecule has 1 aliphatic carbocycles. The van der Waals surface area contributed by atoms with E-state index < -0.39 is 0 Å². The normalized spacial score (nSPS) is 29.7. The Labute approximate surface area is 132 Å². The number of aromatic nitrogens is 1. The van der Waals surface area contributed by atoms with E-state index in [2.05, 4.69) is 26.9 Å². The van der Waals surface area contributed by atoms with Crippen molar-refractivity contribution < 1.29 is 4.79 Å². The van der Waals surface area contributed by atoms with E-state index in [0.717, 1.165) is 32.5 Å². The SMILES string of the molecule is O=C1N(C2CCCC2)CCC[C@@]12CCN(c1ccncc1)C2. The van der Waals surface area contributed by atoms with Crippen LogP contribution in [0.4, 0.5) is 5.69 Å². The summed E-state index contributed by atoms with van der Waals surface area (Å²) in [5, 5.41) is 0. The monoisotopic (exact) mass is 299 g/mol. The van der Waals surface area contributed by atoms with E-state index in [1.54, 1.807) is 0 Å². The third kappa shape index (κ3) is 2.29. The lowest BCUT2D eigenvalue weighted by atomic mass is 9.77. The standard InChI is InChI=1S/C18H25N3O/c22-17-18(8-3-12-21(17)16-4-1-2-5-16)9-13-20(14-18)15-6-10-19-11-7-15/h6-7,10-11,16H,1-5,8-9,12-14H2/t18-/m0/s1. The van der Waals surface area contributed by atoms with Crippen LogP contribution in [-0.2, 0) is 4.79 Å². The van der Waals surface area contributed by atoms with Gasteiger partial charge in [0.05, 0.1) is 5.41 Å². The highest BCUT2D eigenvalue weighted by molar-refractivity contribution is 5.85. The zero-order chi connectivity index (χ0) is 15.0. The Morgan fingerprint density at radius 3 is 2.59 bits per heavy atom. The van der Waals surface area contributed by atoms with Gasteiger partial charge in [0, 0.05) is 43.8 Å². The van der Waals surface area contributed by atoms with Crippen molar-refractivity contribution in [3.63, 3.8) is 0 Å². The molecule has 118 valence electrons. The minimum atomic E-state index is -0.121. The molecule has 0 N–H and O–H groups in total. The van der Waals surface area contributed by atoms with Gasteiger partial charge in [0.2, 0.25) is 5.91 Å². The molecule has 2 saturated heterocycles. The molecular formula is C18H25N3O. The summed E-state index contributed by atoms with van der Waals surface area (Å²) in [6.45, 7) is 2.87. The summed E-state index contributed by atoms with van der Waals surface area (Å²) >= 11 is 0. The molecule has 22 heavy (non-hydrogen) atoms. The fraction of sp³-hybridized carbons (Fsp3) is 0.667. The molecule has 0 radical (unpaired) electrons. The summed E-state index contributed by atoms with van der Waals surface area (Å²) in [5.41, 5.74) is 1.09. The topological polar surface area (TPSA) is 36.4 Å². The van der Waals surface area contributed by atoms with Crippen molar-refractivity contribution in [2.45, 2.75) is 51.0 Å². The molecule has 4 rings (SSSR count). The minimum Gasteiger partial charge on any atom is -0.370 e. The molecule has 0 bridgehead atoms. The second kappa shape index (κ2) is 5.56. The lowest BCUT2D eigenvalue weighted by Gasteiger charge is -2.42. The van der Waals surface area contributed by atoms with Crippen molar-refractivity contribution in [1.82, 2.24) is 9.88 Å². The van der Waals surface area contributed by atoms with Crippen LogP contribution < -0.4 is 4.90 Å². The first kappa shape index (κ1) is 14.0. The summed E-state index contributed by atoms with van der Waals surface area (Å²) in [5.74, 6) is 0.446. The van der Waals surface area contributed by atoms with E-state index in [1.165, 1.54) is 37.8 Å². The zero-order valence-corrected chi connectivity index (χ0v) is 13.2. The second-order valence-corrected chi connectivity index (χ2v) is 7.20. The lowest BCUT2D eigenvalue weighted by molar-refractivity contribution is -0.147. The Morgan fingerprint density at radius 2 is 1.82 bits per heavy atom. The van der Waals surface area contributed by atoms with Gasteiger partial charge in [0.25, 0.3) is 0 Å². The molecule has 1 spiro atoms. The lowest BCUT2D eigenvalue weighted by Crippen LogP contribution is -2.53. The molecule has 3 aliphatic rings. The van der Waals surface area contributed by atoms with Crippen LogP contribution in [0.5, 0.6) is 0 Å². The van der Waals surface area contributed by atoms with Gasteiger partial charge in [-0.05, 0) is 44.2 Å². The summed E-state index contributed by atoms with van der Waals surface area (Å²) in [4.78, 5) is 21.9. The van der Waals surface area contributed by atoms with Crippen LogP contribution in [0.3, 0.4) is 0 Å². The maximum atomic E-state index is 13.2. The van der Waals surface area contributed by atoms with Crippen molar-refractivity contribution in [1.29, 1.82) is 0 Å². The molecule has 4 heteroatoms. The Kier molecular flexibility index (Phi) is 3.55. The first-order chi connectivity index (χ1) is 10.8. The summed E-state index contributed by atoms with van der Waals surface area (Å²) in [7, 11) is 0. The number of anilines is 1. The maximum absolute atomic E-state index is 13.2. The Morgan fingerprint density at radius 1 is 1.05 bits per heavy atom. The number of piperidine rings is 1. The molecule has 1 aromatic rings. The number of likely N-dealkylation sites (tertiary alicyclic amines) is 1.